The van der Waals surface area contributed by atoms with Crippen LogP contribution in [0.4, 0.5) is 0 Å². The van der Waals surface area contributed by atoms with Crippen molar-refractivity contribution in [3.63, 3.8) is 0 Å². The standard InChI is InChI=1S/C18H34N2/c1-4-11-20(16-7-9-18(2,3)10-8-16)17-12-14-5-6-15(13-17)19-14/h14-17,19H,4-13H2,1-3H3. The van der Waals surface area contributed by atoms with E-state index in [1.807, 2.05) is 0 Å². The van der Waals surface area contributed by atoms with E-state index < -0.39 is 0 Å². The van der Waals surface area contributed by atoms with Crippen LogP contribution in [-0.2, 0) is 0 Å². The molecule has 0 aromatic carbocycles. The molecule has 0 amide bonds. The molecule has 0 spiro atoms. The van der Waals surface area contributed by atoms with Crippen molar-refractivity contribution in [3.05, 3.63) is 0 Å². The second kappa shape index (κ2) is 5.96. The fourth-order valence-electron chi connectivity index (χ4n) is 4.94. The number of nitrogens with zero attached hydrogens (tertiary/aromatic N) is 1. The predicted octanol–water partition coefficient (Wildman–Crippen LogP) is 3.95. The van der Waals surface area contributed by atoms with Gasteiger partial charge in [0.05, 0.1) is 0 Å². The van der Waals surface area contributed by atoms with Crippen LogP contribution in [0.5, 0.6) is 0 Å². The third-order valence-corrected chi connectivity index (χ3v) is 6.18. The van der Waals surface area contributed by atoms with Crippen LogP contribution >= 0.6 is 0 Å². The first-order valence-electron chi connectivity index (χ1n) is 9.09. The molecule has 2 aliphatic heterocycles. The van der Waals surface area contributed by atoms with Crippen LogP contribution < -0.4 is 5.32 Å². The third kappa shape index (κ3) is 3.22. The lowest BCUT2D eigenvalue weighted by Gasteiger charge is -2.46. The van der Waals surface area contributed by atoms with Crippen molar-refractivity contribution in [3.8, 4) is 0 Å². The van der Waals surface area contributed by atoms with Crippen LogP contribution in [0.25, 0.3) is 0 Å². The quantitative estimate of drug-likeness (QED) is 0.837. The molecule has 0 aromatic heterocycles. The van der Waals surface area contributed by atoms with Gasteiger partial charge >= 0.3 is 0 Å². The first-order valence-corrected chi connectivity index (χ1v) is 9.09. The highest BCUT2D eigenvalue weighted by atomic mass is 15.2. The third-order valence-electron chi connectivity index (χ3n) is 6.18. The Morgan fingerprint density at radius 3 is 2.10 bits per heavy atom. The average Bonchev–Trinajstić information content (AvgIpc) is 2.75. The van der Waals surface area contributed by atoms with Gasteiger partial charge in [-0.25, -0.2) is 0 Å². The summed E-state index contributed by atoms with van der Waals surface area (Å²) < 4.78 is 0. The summed E-state index contributed by atoms with van der Waals surface area (Å²) in [6, 6.07) is 3.42. The molecule has 3 aliphatic rings. The normalized spacial score (nSPS) is 37.5. The highest BCUT2D eigenvalue weighted by Crippen LogP contribution is 2.39. The molecule has 116 valence electrons. The van der Waals surface area contributed by atoms with Crippen molar-refractivity contribution in [2.45, 2.75) is 103 Å². The second-order valence-corrected chi connectivity index (χ2v) is 8.40. The Morgan fingerprint density at radius 1 is 0.950 bits per heavy atom. The first-order chi connectivity index (χ1) is 9.57. The van der Waals surface area contributed by atoms with Crippen LogP contribution in [0.15, 0.2) is 0 Å². The molecule has 2 heterocycles. The Kier molecular flexibility index (Phi) is 4.42. The van der Waals surface area contributed by atoms with Gasteiger partial charge < -0.3 is 5.32 Å². The Morgan fingerprint density at radius 2 is 1.55 bits per heavy atom. The Labute approximate surface area is 125 Å². The molecule has 1 saturated carbocycles. The molecule has 0 radical (unpaired) electrons. The Bertz CT molecular complexity index is 303. The highest BCUT2D eigenvalue weighted by molar-refractivity contribution is 4.97. The SMILES string of the molecule is CCCN(C1CCC(C)(C)CC1)C1CC2CCC(C1)N2. The zero-order chi connectivity index (χ0) is 14.2. The second-order valence-electron chi connectivity index (χ2n) is 8.40. The summed E-state index contributed by atoms with van der Waals surface area (Å²) in [7, 11) is 0. The van der Waals surface area contributed by atoms with E-state index in [9.17, 15) is 0 Å². The fraction of sp³-hybridized carbons (Fsp3) is 1.00. The van der Waals surface area contributed by atoms with E-state index in [-0.39, 0.29) is 0 Å². The maximum atomic E-state index is 3.81. The van der Waals surface area contributed by atoms with Crippen molar-refractivity contribution in [1.29, 1.82) is 0 Å². The number of rotatable bonds is 4. The topological polar surface area (TPSA) is 15.3 Å². The van der Waals surface area contributed by atoms with Crippen LogP contribution in [0.1, 0.15) is 78.6 Å². The van der Waals surface area contributed by atoms with Gasteiger partial charge in [-0.15, -0.1) is 0 Å². The molecule has 2 nitrogen and oxygen atoms in total. The Balaban J connectivity index is 1.63. The predicted molar refractivity (Wildman–Crippen MR) is 86.0 cm³/mol. The molecule has 2 unspecified atom stereocenters. The van der Waals surface area contributed by atoms with Crippen molar-refractivity contribution in [2.75, 3.05) is 6.54 Å². The van der Waals surface area contributed by atoms with Gasteiger partial charge in [-0.1, -0.05) is 20.8 Å². The fourth-order valence-corrected chi connectivity index (χ4v) is 4.94. The summed E-state index contributed by atoms with van der Waals surface area (Å²) in [5, 5.41) is 3.81. The van der Waals surface area contributed by atoms with E-state index in [2.05, 4.69) is 31.0 Å². The molecule has 2 bridgehead atoms. The number of hydrogen-bond acceptors (Lipinski definition) is 2. The summed E-state index contributed by atoms with van der Waals surface area (Å²) in [5.74, 6) is 0. The maximum absolute atomic E-state index is 3.81. The van der Waals surface area contributed by atoms with Gasteiger partial charge in [-0.3, -0.25) is 4.90 Å². The summed E-state index contributed by atoms with van der Waals surface area (Å²) in [6.07, 6.45) is 12.7. The van der Waals surface area contributed by atoms with Crippen molar-refractivity contribution >= 4 is 0 Å². The van der Waals surface area contributed by atoms with E-state index in [1.165, 1.54) is 64.3 Å². The van der Waals surface area contributed by atoms with Crippen LogP contribution in [0, 0.1) is 5.41 Å². The number of piperidine rings is 1. The van der Waals surface area contributed by atoms with Gasteiger partial charge in [-0.05, 0) is 69.7 Å². The maximum Gasteiger partial charge on any atom is 0.0128 e. The van der Waals surface area contributed by atoms with E-state index >= 15 is 0 Å². The molecule has 3 rings (SSSR count). The van der Waals surface area contributed by atoms with E-state index in [1.54, 1.807) is 0 Å². The van der Waals surface area contributed by atoms with Crippen LogP contribution in [-0.4, -0.2) is 35.6 Å². The molecule has 1 aliphatic carbocycles. The minimum atomic E-state index is 0.599. The molecule has 2 heteroatoms. The lowest BCUT2D eigenvalue weighted by atomic mass is 9.74. The summed E-state index contributed by atoms with van der Waals surface area (Å²) in [6.45, 7) is 8.60. The van der Waals surface area contributed by atoms with Crippen LogP contribution in [0.3, 0.4) is 0 Å². The van der Waals surface area contributed by atoms with Gasteiger partial charge in [0.15, 0.2) is 0 Å². The van der Waals surface area contributed by atoms with Gasteiger partial charge in [0.25, 0.3) is 0 Å². The molecular formula is C18H34N2. The average molecular weight is 278 g/mol. The van der Waals surface area contributed by atoms with E-state index in [4.69, 9.17) is 0 Å². The number of fused-ring (bicyclic) bond motifs is 2. The summed E-state index contributed by atoms with van der Waals surface area (Å²) in [5.41, 5.74) is 0.599. The van der Waals surface area contributed by atoms with Crippen LogP contribution in [0.2, 0.25) is 0 Å². The van der Waals surface area contributed by atoms with Gasteiger partial charge in [0.2, 0.25) is 0 Å². The lowest BCUT2D eigenvalue weighted by Crippen LogP contribution is -2.52. The van der Waals surface area contributed by atoms with Crippen molar-refractivity contribution in [2.24, 2.45) is 5.41 Å². The summed E-state index contributed by atoms with van der Waals surface area (Å²) in [4.78, 5) is 2.93. The lowest BCUT2D eigenvalue weighted by molar-refractivity contribution is 0.0495. The monoisotopic (exact) mass is 278 g/mol. The minimum Gasteiger partial charge on any atom is -0.311 e. The zero-order valence-corrected chi connectivity index (χ0v) is 13.8. The zero-order valence-electron chi connectivity index (χ0n) is 13.8. The summed E-state index contributed by atoms with van der Waals surface area (Å²) >= 11 is 0. The van der Waals surface area contributed by atoms with Gasteiger partial charge in [0, 0.05) is 24.2 Å². The number of nitrogens with one attached hydrogen (secondary N) is 1. The molecule has 3 fully saturated rings. The smallest absolute Gasteiger partial charge is 0.0128 e. The molecular weight excluding hydrogens is 244 g/mol. The van der Waals surface area contributed by atoms with E-state index in [0.717, 1.165) is 24.2 Å². The van der Waals surface area contributed by atoms with Crippen molar-refractivity contribution in [1.82, 2.24) is 10.2 Å². The van der Waals surface area contributed by atoms with Crippen molar-refractivity contribution < 1.29 is 0 Å². The molecule has 2 atom stereocenters. The first kappa shape index (κ1) is 14.8. The molecule has 0 aromatic rings. The number of hydrogen-bond donors (Lipinski definition) is 1. The highest BCUT2D eigenvalue weighted by Gasteiger charge is 2.39. The minimum absolute atomic E-state index is 0.599. The van der Waals surface area contributed by atoms with Gasteiger partial charge in [0.1, 0.15) is 0 Å². The molecule has 2 saturated heterocycles. The molecule has 20 heavy (non-hydrogen) atoms. The Hall–Kier alpha value is -0.0800. The molecule has 1 N–H and O–H groups in total. The largest absolute Gasteiger partial charge is 0.311 e. The van der Waals surface area contributed by atoms with Gasteiger partial charge in [-0.2, -0.15) is 0 Å². The van der Waals surface area contributed by atoms with E-state index in [0.29, 0.717) is 5.41 Å².